The summed E-state index contributed by atoms with van der Waals surface area (Å²) in [6.07, 6.45) is 2.39. The van der Waals surface area contributed by atoms with Crippen molar-refractivity contribution in [2.45, 2.75) is 125 Å². The Hall–Kier alpha value is -5.06. The van der Waals surface area contributed by atoms with Gasteiger partial charge in [-0.1, -0.05) is 141 Å². The Kier molecular flexibility index (Phi) is 8.84. The summed E-state index contributed by atoms with van der Waals surface area (Å²) < 4.78 is 2.80. The van der Waals surface area contributed by atoms with Crippen molar-refractivity contribution in [2.24, 2.45) is 0 Å². The SMILES string of the molecule is Cc1ccc(-c2cc(C)ccc2N2c3cc(C(C)(C)C)ccc3B3c4sc5cc(C(C)(C)C)ccc5c4N(c4ccc5c(c4)C(C)(C)CCC5(C)C)c4cc(C)cc2c43)cc1. The summed E-state index contributed by atoms with van der Waals surface area (Å²) in [6.45, 7) is 30.6. The first-order valence-corrected chi connectivity index (χ1v) is 23.3. The number of rotatable bonds is 3. The van der Waals surface area contributed by atoms with Crippen LogP contribution < -0.4 is 25.5 Å². The van der Waals surface area contributed by atoms with E-state index < -0.39 is 0 Å². The molecule has 1 aliphatic carbocycles. The zero-order valence-corrected chi connectivity index (χ0v) is 39.5. The largest absolute Gasteiger partial charge is 0.311 e. The lowest BCUT2D eigenvalue weighted by molar-refractivity contribution is 0.332. The fourth-order valence-corrected chi connectivity index (χ4v) is 12.0. The van der Waals surface area contributed by atoms with Crippen molar-refractivity contribution in [3.8, 4) is 11.1 Å². The molecular formula is C57H61BN2S. The molecule has 2 aliphatic heterocycles. The molecular weight excluding hydrogens is 756 g/mol. The maximum Gasteiger partial charge on any atom is 0.264 e. The lowest BCUT2D eigenvalue weighted by atomic mass is 9.36. The predicted octanol–water partition coefficient (Wildman–Crippen LogP) is 14.5. The summed E-state index contributed by atoms with van der Waals surface area (Å²) in [7, 11) is 0. The number of thiophene rings is 1. The smallest absolute Gasteiger partial charge is 0.264 e. The summed E-state index contributed by atoms with van der Waals surface area (Å²) >= 11 is 2.01. The Labute approximate surface area is 369 Å². The molecule has 3 aliphatic rings. The lowest BCUT2D eigenvalue weighted by Crippen LogP contribution is -2.60. The molecule has 7 aromatic rings. The third-order valence-electron chi connectivity index (χ3n) is 14.4. The van der Waals surface area contributed by atoms with E-state index in [-0.39, 0.29) is 28.4 Å². The van der Waals surface area contributed by atoms with Crippen molar-refractivity contribution in [1.29, 1.82) is 0 Å². The van der Waals surface area contributed by atoms with Crippen LogP contribution in [0.2, 0.25) is 0 Å². The van der Waals surface area contributed by atoms with Gasteiger partial charge >= 0.3 is 0 Å². The fourth-order valence-electron chi connectivity index (χ4n) is 10.6. The number of anilines is 6. The molecule has 4 heteroatoms. The van der Waals surface area contributed by atoms with Gasteiger partial charge < -0.3 is 9.80 Å². The van der Waals surface area contributed by atoms with Crippen LogP contribution in [0.4, 0.5) is 34.1 Å². The lowest BCUT2D eigenvalue weighted by Gasteiger charge is -2.45. The van der Waals surface area contributed by atoms with Gasteiger partial charge in [0.25, 0.3) is 6.71 Å². The van der Waals surface area contributed by atoms with Gasteiger partial charge in [-0.15, -0.1) is 11.3 Å². The van der Waals surface area contributed by atoms with Crippen LogP contribution in [-0.4, -0.2) is 6.71 Å². The third-order valence-corrected chi connectivity index (χ3v) is 15.6. The number of aryl methyl sites for hydroxylation is 3. The second-order valence-corrected chi connectivity index (χ2v) is 23.1. The van der Waals surface area contributed by atoms with E-state index >= 15 is 0 Å². The molecule has 2 nitrogen and oxygen atoms in total. The number of nitrogens with zero attached hydrogens (tertiary/aromatic N) is 2. The molecule has 0 atom stereocenters. The number of hydrogen-bond acceptors (Lipinski definition) is 3. The van der Waals surface area contributed by atoms with Gasteiger partial charge in [-0.05, 0) is 148 Å². The van der Waals surface area contributed by atoms with E-state index in [2.05, 4.69) is 209 Å². The van der Waals surface area contributed by atoms with Crippen LogP contribution in [0.25, 0.3) is 21.2 Å². The van der Waals surface area contributed by atoms with Crippen LogP contribution in [-0.2, 0) is 21.7 Å². The first kappa shape index (κ1) is 40.0. The third kappa shape index (κ3) is 6.33. The minimum Gasteiger partial charge on any atom is -0.311 e. The van der Waals surface area contributed by atoms with Gasteiger partial charge in [0.15, 0.2) is 0 Å². The Balaban J connectivity index is 1.32. The number of benzene rings is 6. The summed E-state index contributed by atoms with van der Waals surface area (Å²) in [5.41, 5.74) is 22.7. The average Bonchev–Trinajstić information content (AvgIpc) is 3.57. The standard InChI is InChI=1S/C57H61BN2S/c1-34-14-17-37(18-15-34)42-28-35(2)16-25-46(42)60-47-31-38(54(4,5)6)20-24-45(47)58-51-48(29-36(3)30-49(51)60)59(40-21-23-43-44(33-40)57(12,13)27-26-56(43,10)11)52-41-22-19-39(55(7,8)9)32-50(41)61-53(52)58/h14-25,28-33H,26-27H2,1-13H3. The van der Waals surface area contributed by atoms with E-state index in [4.69, 9.17) is 0 Å². The van der Waals surface area contributed by atoms with Gasteiger partial charge in [0.05, 0.1) is 11.4 Å². The first-order chi connectivity index (χ1) is 28.7. The molecule has 0 fully saturated rings. The molecule has 6 aromatic carbocycles. The minimum absolute atomic E-state index is 0.0178. The maximum absolute atomic E-state index is 2.67. The van der Waals surface area contributed by atoms with Crippen LogP contribution in [0, 0.1) is 20.8 Å². The van der Waals surface area contributed by atoms with Gasteiger partial charge in [0.1, 0.15) is 0 Å². The molecule has 0 spiro atoms. The Morgan fingerprint density at radius 3 is 1.85 bits per heavy atom. The summed E-state index contributed by atoms with van der Waals surface area (Å²) in [4.78, 5) is 5.31. The molecule has 0 saturated carbocycles. The molecule has 0 N–H and O–H groups in total. The average molecular weight is 817 g/mol. The number of fused-ring (bicyclic) bond motifs is 7. The van der Waals surface area contributed by atoms with Crippen molar-refractivity contribution >= 4 is 78.0 Å². The molecule has 0 bridgehead atoms. The molecule has 308 valence electrons. The normalized spacial score (nSPS) is 16.3. The summed E-state index contributed by atoms with van der Waals surface area (Å²) in [5.74, 6) is 0. The van der Waals surface area contributed by atoms with Crippen molar-refractivity contribution in [3.05, 3.63) is 148 Å². The van der Waals surface area contributed by atoms with E-state index in [0.717, 1.165) is 0 Å². The van der Waals surface area contributed by atoms with Gasteiger partial charge in [-0.25, -0.2) is 0 Å². The minimum atomic E-state index is -0.0178. The van der Waals surface area contributed by atoms with Crippen molar-refractivity contribution in [2.75, 3.05) is 9.80 Å². The molecule has 10 rings (SSSR count). The van der Waals surface area contributed by atoms with Gasteiger partial charge in [-0.2, -0.15) is 0 Å². The molecule has 3 heterocycles. The fraction of sp³-hybridized carbons (Fsp3) is 0.333. The van der Waals surface area contributed by atoms with Gasteiger partial charge in [-0.3, -0.25) is 0 Å². The second-order valence-electron chi connectivity index (χ2n) is 22.0. The molecule has 61 heavy (non-hydrogen) atoms. The topological polar surface area (TPSA) is 6.48 Å². The highest BCUT2D eigenvalue weighted by molar-refractivity contribution is 7.33. The van der Waals surface area contributed by atoms with Gasteiger partial charge in [0, 0.05) is 43.2 Å². The van der Waals surface area contributed by atoms with Crippen LogP contribution in [0.5, 0.6) is 0 Å². The zero-order valence-electron chi connectivity index (χ0n) is 38.7. The highest BCUT2D eigenvalue weighted by atomic mass is 32.1. The quantitative estimate of drug-likeness (QED) is 0.164. The Morgan fingerprint density at radius 1 is 0.541 bits per heavy atom. The zero-order chi connectivity index (χ0) is 43.1. The van der Waals surface area contributed by atoms with E-state index in [0.29, 0.717) is 0 Å². The maximum atomic E-state index is 2.67. The van der Waals surface area contributed by atoms with E-state index in [1.165, 1.54) is 123 Å². The van der Waals surface area contributed by atoms with Crippen LogP contribution in [0.3, 0.4) is 0 Å². The summed E-state index contributed by atoms with van der Waals surface area (Å²) in [6, 6.07) is 43.3. The monoisotopic (exact) mass is 816 g/mol. The van der Waals surface area contributed by atoms with Gasteiger partial charge in [0.2, 0.25) is 0 Å². The van der Waals surface area contributed by atoms with E-state index in [1.54, 1.807) is 0 Å². The highest BCUT2D eigenvalue weighted by Gasteiger charge is 2.47. The van der Waals surface area contributed by atoms with Crippen LogP contribution in [0.15, 0.2) is 109 Å². The highest BCUT2D eigenvalue weighted by Crippen LogP contribution is 2.53. The molecule has 0 unspecified atom stereocenters. The second kappa shape index (κ2) is 13.5. The van der Waals surface area contributed by atoms with Crippen molar-refractivity contribution in [3.63, 3.8) is 0 Å². The summed E-state index contributed by atoms with van der Waals surface area (Å²) in [5, 5.41) is 1.34. The Morgan fingerprint density at radius 2 is 1.16 bits per heavy atom. The van der Waals surface area contributed by atoms with Crippen LogP contribution >= 0.6 is 11.3 Å². The molecule has 0 radical (unpaired) electrons. The van der Waals surface area contributed by atoms with Crippen molar-refractivity contribution < 1.29 is 0 Å². The predicted molar refractivity (Wildman–Crippen MR) is 268 cm³/mol. The number of hydrogen-bond donors (Lipinski definition) is 0. The van der Waals surface area contributed by atoms with E-state index in [1.807, 2.05) is 11.3 Å². The van der Waals surface area contributed by atoms with Crippen LogP contribution in [0.1, 0.15) is 121 Å². The van der Waals surface area contributed by atoms with Crippen molar-refractivity contribution in [1.82, 2.24) is 0 Å². The molecule has 1 aromatic heterocycles. The Bertz CT molecular complexity index is 2930. The first-order valence-electron chi connectivity index (χ1n) is 22.5. The molecule has 0 saturated heterocycles. The molecule has 0 amide bonds. The van der Waals surface area contributed by atoms with E-state index in [9.17, 15) is 0 Å².